The van der Waals surface area contributed by atoms with Gasteiger partial charge in [0, 0.05) is 50.2 Å². The third kappa shape index (κ3) is 9.14. The molecule has 0 bridgehead atoms. The lowest BCUT2D eigenvalue weighted by Crippen LogP contribution is -2.39. The van der Waals surface area contributed by atoms with E-state index in [1.54, 1.807) is 24.1 Å². The Kier molecular flexibility index (Phi) is 11.5. The highest BCUT2D eigenvalue weighted by Crippen LogP contribution is 2.27. The van der Waals surface area contributed by atoms with Crippen molar-refractivity contribution in [3.63, 3.8) is 0 Å². The quantitative estimate of drug-likeness (QED) is 0.385. The number of hydrogen-bond acceptors (Lipinski definition) is 6. The number of anilines is 1. The fourth-order valence-electron chi connectivity index (χ4n) is 5.29. The van der Waals surface area contributed by atoms with Crippen LogP contribution in [0.5, 0.6) is 5.75 Å². The first-order valence-electron chi connectivity index (χ1n) is 14.6. The topological polar surface area (TPSA) is 103 Å². The van der Waals surface area contributed by atoms with Gasteiger partial charge in [0.1, 0.15) is 18.9 Å². The number of carboxylic acids is 1. The maximum atomic E-state index is 13.7. The lowest BCUT2D eigenvalue weighted by atomic mass is 10.0. The molecular weight excluding hydrogens is 532 g/mol. The molecule has 3 aromatic rings. The van der Waals surface area contributed by atoms with E-state index in [9.17, 15) is 19.5 Å². The third-order valence-corrected chi connectivity index (χ3v) is 7.36. The average Bonchev–Trinajstić information content (AvgIpc) is 2.98. The molecule has 1 aliphatic rings. The molecule has 0 radical (unpaired) electrons. The highest BCUT2D eigenvalue weighted by atomic mass is 16.5. The number of pyridine rings is 1. The smallest absolute Gasteiger partial charge is 0.323 e. The van der Waals surface area contributed by atoms with Crippen molar-refractivity contribution in [2.75, 3.05) is 37.7 Å². The second-order valence-electron chi connectivity index (χ2n) is 10.6. The molecule has 0 saturated carbocycles. The fraction of sp³-hybridized carbons (Fsp3) is 0.394. The summed E-state index contributed by atoms with van der Waals surface area (Å²) in [6.45, 7) is 4.10. The number of nitrogens with zero attached hydrogens (tertiary/aromatic N) is 4. The third-order valence-electron chi connectivity index (χ3n) is 7.36. The molecule has 4 rings (SSSR count). The number of fused-ring (bicyclic) bond motifs is 1. The number of carboxylic acid groups (broad SMARTS) is 1. The SMILES string of the molecule is CC(=O)N1CCCCCCCN(Cc2cccnc2)Cc2cc(C(=O)N(CCOc3ccccc3)CC(=O)O)ccc21. The summed E-state index contributed by atoms with van der Waals surface area (Å²) < 4.78 is 5.74. The van der Waals surface area contributed by atoms with Crippen LogP contribution >= 0.6 is 0 Å². The molecule has 0 spiro atoms. The van der Waals surface area contributed by atoms with Gasteiger partial charge in [0.25, 0.3) is 5.91 Å². The van der Waals surface area contributed by atoms with Gasteiger partial charge >= 0.3 is 5.97 Å². The van der Waals surface area contributed by atoms with Gasteiger partial charge in [0.2, 0.25) is 5.91 Å². The van der Waals surface area contributed by atoms with Gasteiger partial charge in [0.15, 0.2) is 0 Å². The lowest BCUT2D eigenvalue weighted by Gasteiger charge is -2.29. The number of benzene rings is 2. The van der Waals surface area contributed by atoms with E-state index in [0.717, 1.165) is 55.5 Å². The second-order valence-corrected chi connectivity index (χ2v) is 10.6. The van der Waals surface area contributed by atoms with Gasteiger partial charge in [0.05, 0.1) is 6.54 Å². The molecule has 1 aliphatic heterocycles. The van der Waals surface area contributed by atoms with Crippen molar-refractivity contribution < 1.29 is 24.2 Å². The molecule has 42 heavy (non-hydrogen) atoms. The summed E-state index contributed by atoms with van der Waals surface area (Å²) in [5.74, 6) is -0.884. The van der Waals surface area contributed by atoms with Gasteiger partial charge in [-0.3, -0.25) is 24.3 Å². The first-order chi connectivity index (χ1) is 20.4. The van der Waals surface area contributed by atoms with Gasteiger partial charge in [-0.15, -0.1) is 0 Å². The van der Waals surface area contributed by atoms with Crippen molar-refractivity contribution in [1.82, 2.24) is 14.8 Å². The van der Waals surface area contributed by atoms with Crippen molar-refractivity contribution in [3.8, 4) is 5.75 Å². The second kappa shape index (κ2) is 15.7. The van der Waals surface area contributed by atoms with Crippen molar-refractivity contribution in [2.45, 2.75) is 52.1 Å². The number of rotatable bonds is 9. The van der Waals surface area contributed by atoms with Crippen LogP contribution in [0.25, 0.3) is 0 Å². The summed E-state index contributed by atoms with van der Waals surface area (Å²) >= 11 is 0. The number of para-hydroxylation sites is 1. The standard InChI is InChI=1S/C33H40N4O5/c1-26(38)37-18-9-4-2-3-8-17-35(23-27-11-10-16-34-22-27)24-29-21-28(14-15-31(29)37)33(41)36(25-32(39)40)19-20-42-30-12-6-5-7-13-30/h5-7,10-16,21-22H,2-4,8-9,17-20,23-25H2,1H3,(H,39,40). The van der Waals surface area contributed by atoms with E-state index >= 15 is 0 Å². The first-order valence-corrected chi connectivity index (χ1v) is 14.6. The van der Waals surface area contributed by atoms with Gasteiger partial charge in [-0.2, -0.15) is 0 Å². The van der Waals surface area contributed by atoms with E-state index in [1.807, 2.05) is 60.8 Å². The van der Waals surface area contributed by atoms with E-state index in [0.29, 0.717) is 30.9 Å². The van der Waals surface area contributed by atoms with Gasteiger partial charge in [-0.05, 0) is 66.9 Å². The normalized spacial score (nSPS) is 14.6. The van der Waals surface area contributed by atoms with Crippen molar-refractivity contribution in [1.29, 1.82) is 0 Å². The summed E-state index contributed by atoms with van der Waals surface area (Å²) in [5.41, 5.74) is 3.11. The molecular formula is C33H40N4O5. The molecule has 1 aromatic heterocycles. The Bertz CT molecular complexity index is 1320. The van der Waals surface area contributed by atoms with Crippen LogP contribution in [-0.2, 0) is 22.7 Å². The van der Waals surface area contributed by atoms with E-state index in [4.69, 9.17) is 4.74 Å². The molecule has 0 aliphatic carbocycles. The number of aromatic nitrogens is 1. The molecule has 1 N–H and O–H groups in total. The number of ether oxygens (including phenoxy) is 1. The van der Waals surface area contributed by atoms with Crippen LogP contribution in [0, 0.1) is 0 Å². The largest absolute Gasteiger partial charge is 0.492 e. The Balaban J connectivity index is 1.63. The Morgan fingerprint density at radius 1 is 0.952 bits per heavy atom. The zero-order valence-corrected chi connectivity index (χ0v) is 24.3. The van der Waals surface area contributed by atoms with E-state index < -0.39 is 18.4 Å². The maximum Gasteiger partial charge on any atom is 0.323 e. The molecule has 0 saturated heterocycles. The van der Waals surface area contributed by atoms with Crippen molar-refractivity contribution >= 4 is 23.5 Å². The number of aliphatic carboxylic acids is 1. The summed E-state index contributed by atoms with van der Waals surface area (Å²) in [4.78, 5) is 47.8. The Morgan fingerprint density at radius 3 is 2.43 bits per heavy atom. The zero-order chi connectivity index (χ0) is 29.7. The molecule has 0 atom stereocenters. The van der Waals surface area contributed by atoms with Crippen LogP contribution in [-0.4, -0.2) is 70.5 Å². The van der Waals surface area contributed by atoms with E-state index in [2.05, 4.69) is 9.88 Å². The first kappa shape index (κ1) is 30.7. The van der Waals surface area contributed by atoms with Crippen LogP contribution in [0.2, 0.25) is 0 Å². The summed E-state index contributed by atoms with van der Waals surface area (Å²) in [6.07, 6.45) is 8.87. The van der Waals surface area contributed by atoms with Crippen LogP contribution in [0.15, 0.2) is 73.1 Å². The van der Waals surface area contributed by atoms with Crippen LogP contribution in [0.3, 0.4) is 0 Å². The van der Waals surface area contributed by atoms with Gasteiger partial charge in [-0.1, -0.05) is 43.5 Å². The Labute approximate surface area is 247 Å². The Hall–Kier alpha value is -4.24. The highest BCUT2D eigenvalue weighted by molar-refractivity contribution is 5.98. The van der Waals surface area contributed by atoms with E-state index in [1.165, 1.54) is 4.90 Å². The van der Waals surface area contributed by atoms with Crippen LogP contribution in [0.1, 0.15) is 60.5 Å². The predicted molar refractivity (Wildman–Crippen MR) is 161 cm³/mol. The van der Waals surface area contributed by atoms with Gasteiger partial charge < -0.3 is 19.6 Å². The van der Waals surface area contributed by atoms with Crippen molar-refractivity contribution in [2.24, 2.45) is 0 Å². The molecule has 9 heteroatoms. The minimum atomic E-state index is -1.10. The number of carbonyl (C=O) groups is 3. The maximum absolute atomic E-state index is 13.7. The minimum Gasteiger partial charge on any atom is -0.492 e. The molecule has 9 nitrogen and oxygen atoms in total. The number of amides is 2. The van der Waals surface area contributed by atoms with Gasteiger partial charge in [-0.25, -0.2) is 0 Å². The molecule has 0 unspecified atom stereocenters. The van der Waals surface area contributed by atoms with Crippen molar-refractivity contribution in [3.05, 3.63) is 89.7 Å². The number of carbonyl (C=O) groups excluding carboxylic acids is 2. The lowest BCUT2D eigenvalue weighted by molar-refractivity contribution is -0.137. The van der Waals surface area contributed by atoms with Crippen LogP contribution < -0.4 is 9.64 Å². The molecule has 0 fully saturated rings. The summed E-state index contributed by atoms with van der Waals surface area (Å²) in [6, 6.07) is 18.5. The minimum absolute atomic E-state index is 0.0447. The van der Waals surface area contributed by atoms with Crippen LogP contribution in [0.4, 0.5) is 5.69 Å². The molecule has 2 aromatic carbocycles. The zero-order valence-electron chi connectivity index (χ0n) is 24.3. The fourth-order valence-corrected chi connectivity index (χ4v) is 5.29. The Morgan fingerprint density at radius 2 is 1.71 bits per heavy atom. The summed E-state index contributed by atoms with van der Waals surface area (Å²) in [7, 11) is 0. The van der Waals surface area contributed by atoms with E-state index in [-0.39, 0.29) is 19.1 Å². The monoisotopic (exact) mass is 572 g/mol. The molecule has 222 valence electrons. The number of hydrogen-bond donors (Lipinski definition) is 1. The molecule has 2 heterocycles. The predicted octanol–water partition coefficient (Wildman–Crippen LogP) is 5.01. The average molecular weight is 573 g/mol. The highest BCUT2D eigenvalue weighted by Gasteiger charge is 2.23. The summed E-state index contributed by atoms with van der Waals surface area (Å²) in [5, 5.41) is 9.54. The molecule has 2 amide bonds.